The van der Waals surface area contributed by atoms with E-state index in [9.17, 15) is 0 Å². The molecule has 1 saturated heterocycles. The molecule has 31 heavy (non-hydrogen) atoms. The summed E-state index contributed by atoms with van der Waals surface area (Å²) < 4.78 is 11.2. The Morgan fingerprint density at radius 1 is 0.903 bits per heavy atom. The van der Waals surface area contributed by atoms with Gasteiger partial charge in [-0.2, -0.15) is 0 Å². The number of rotatable bonds is 5. The summed E-state index contributed by atoms with van der Waals surface area (Å²) in [6, 6.07) is 16.3. The maximum absolute atomic E-state index is 6.46. The standard InChI is InChI=1S/C23H26N6O2/c24-21-22(27-18-6-7-19-20(14-18)31-13-12-30-19)25-16-26-23(21)29-10-8-28(9-11-29)15-17-4-2-1-3-5-17/h1-7,14,16H,8-13,15,24H2,(H,25,26,27). The molecule has 0 bridgehead atoms. The molecule has 3 N–H and O–H groups in total. The Morgan fingerprint density at radius 3 is 2.48 bits per heavy atom. The molecular formula is C23H26N6O2. The molecule has 3 aromatic rings. The van der Waals surface area contributed by atoms with Crippen molar-refractivity contribution in [3.8, 4) is 11.5 Å². The molecule has 2 aliphatic rings. The smallest absolute Gasteiger partial charge is 0.163 e. The van der Waals surface area contributed by atoms with Gasteiger partial charge in [-0.25, -0.2) is 9.97 Å². The monoisotopic (exact) mass is 418 g/mol. The molecule has 8 nitrogen and oxygen atoms in total. The van der Waals surface area contributed by atoms with Crippen molar-refractivity contribution in [3.05, 3.63) is 60.4 Å². The van der Waals surface area contributed by atoms with Crippen LogP contribution in [0.4, 0.5) is 23.0 Å². The molecule has 2 aliphatic heterocycles. The summed E-state index contributed by atoms with van der Waals surface area (Å²) in [5, 5.41) is 3.29. The number of hydrogen-bond acceptors (Lipinski definition) is 8. The van der Waals surface area contributed by atoms with Crippen LogP contribution in [0.15, 0.2) is 54.9 Å². The van der Waals surface area contributed by atoms with Crippen molar-refractivity contribution < 1.29 is 9.47 Å². The Kier molecular flexibility index (Phi) is 5.45. The van der Waals surface area contributed by atoms with Gasteiger partial charge in [0.1, 0.15) is 25.2 Å². The van der Waals surface area contributed by atoms with Crippen molar-refractivity contribution in [1.82, 2.24) is 14.9 Å². The highest BCUT2D eigenvalue weighted by atomic mass is 16.6. The van der Waals surface area contributed by atoms with Gasteiger partial charge in [0.15, 0.2) is 23.1 Å². The number of benzene rings is 2. The Hall–Kier alpha value is -3.52. The molecule has 1 fully saturated rings. The molecule has 0 aliphatic carbocycles. The van der Waals surface area contributed by atoms with Gasteiger partial charge in [0.2, 0.25) is 0 Å². The summed E-state index contributed by atoms with van der Waals surface area (Å²) in [4.78, 5) is 13.5. The van der Waals surface area contributed by atoms with E-state index in [-0.39, 0.29) is 0 Å². The van der Waals surface area contributed by atoms with Gasteiger partial charge < -0.3 is 25.4 Å². The third-order valence-corrected chi connectivity index (χ3v) is 5.59. The maximum atomic E-state index is 6.46. The molecule has 0 saturated carbocycles. The quantitative estimate of drug-likeness (QED) is 0.654. The van der Waals surface area contributed by atoms with E-state index in [1.165, 1.54) is 5.56 Å². The van der Waals surface area contributed by atoms with E-state index >= 15 is 0 Å². The van der Waals surface area contributed by atoms with Crippen LogP contribution in [0, 0.1) is 0 Å². The van der Waals surface area contributed by atoms with Crippen LogP contribution in [-0.4, -0.2) is 54.3 Å². The second-order valence-corrected chi connectivity index (χ2v) is 7.69. The fourth-order valence-corrected chi connectivity index (χ4v) is 3.96. The summed E-state index contributed by atoms with van der Waals surface area (Å²) in [5.41, 5.74) is 9.19. The van der Waals surface area contributed by atoms with Crippen LogP contribution in [0.25, 0.3) is 0 Å². The largest absolute Gasteiger partial charge is 0.486 e. The minimum Gasteiger partial charge on any atom is -0.486 e. The number of ether oxygens (including phenoxy) is 2. The van der Waals surface area contributed by atoms with Gasteiger partial charge in [0.25, 0.3) is 0 Å². The second-order valence-electron chi connectivity index (χ2n) is 7.69. The van der Waals surface area contributed by atoms with Crippen LogP contribution < -0.4 is 25.4 Å². The molecule has 0 unspecified atom stereocenters. The van der Waals surface area contributed by atoms with Crippen molar-refractivity contribution in [3.63, 3.8) is 0 Å². The van der Waals surface area contributed by atoms with Crippen molar-refractivity contribution >= 4 is 23.0 Å². The minimum atomic E-state index is 0.548. The van der Waals surface area contributed by atoms with E-state index < -0.39 is 0 Å². The number of aromatic nitrogens is 2. The highest BCUT2D eigenvalue weighted by molar-refractivity contribution is 5.78. The average molecular weight is 419 g/mol. The van der Waals surface area contributed by atoms with E-state index in [2.05, 4.69) is 55.4 Å². The molecular weight excluding hydrogens is 392 g/mol. The normalized spacial score (nSPS) is 16.2. The maximum Gasteiger partial charge on any atom is 0.163 e. The molecule has 1 aromatic heterocycles. The SMILES string of the molecule is Nc1c(Nc2ccc3c(c2)OCCO3)ncnc1N1CCN(Cc2ccccc2)CC1. The Balaban J connectivity index is 1.26. The van der Waals surface area contributed by atoms with Crippen molar-refractivity contribution in [2.45, 2.75) is 6.54 Å². The molecule has 3 heterocycles. The second kappa shape index (κ2) is 8.69. The number of anilines is 4. The fraction of sp³-hybridized carbons (Fsp3) is 0.304. The highest BCUT2D eigenvalue weighted by Crippen LogP contribution is 2.35. The van der Waals surface area contributed by atoms with Crippen molar-refractivity contribution in [2.75, 3.05) is 55.3 Å². The Morgan fingerprint density at radius 2 is 1.68 bits per heavy atom. The number of fused-ring (bicyclic) bond motifs is 1. The summed E-state index contributed by atoms with van der Waals surface area (Å²) >= 11 is 0. The first-order chi connectivity index (χ1) is 15.3. The third-order valence-electron chi connectivity index (χ3n) is 5.59. The molecule has 0 amide bonds. The number of nitrogens with one attached hydrogen (secondary N) is 1. The Labute approximate surface area is 181 Å². The fourth-order valence-electron chi connectivity index (χ4n) is 3.96. The average Bonchev–Trinajstić information content (AvgIpc) is 2.82. The number of piperazine rings is 1. The van der Waals surface area contributed by atoms with Crippen molar-refractivity contribution in [1.29, 1.82) is 0 Å². The number of nitrogens with zero attached hydrogens (tertiary/aromatic N) is 4. The van der Waals surface area contributed by atoms with Crippen LogP contribution in [0.2, 0.25) is 0 Å². The van der Waals surface area contributed by atoms with Crippen LogP contribution in [0.5, 0.6) is 11.5 Å². The first-order valence-electron chi connectivity index (χ1n) is 10.5. The lowest BCUT2D eigenvalue weighted by molar-refractivity contribution is 0.171. The lowest BCUT2D eigenvalue weighted by Crippen LogP contribution is -2.46. The molecule has 0 spiro atoms. The highest BCUT2D eigenvalue weighted by Gasteiger charge is 2.22. The van der Waals surface area contributed by atoms with E-state index in [0.717, 1.165) is 55.7 Å². The van der Waals surface area contributed by atoms with Gasteiger partial charge in [-0.05, 0) is 17.7 Å². The summed E-state index contributed by atoms with van der Waals surface area (Å²) in [6.07, 6.45) is 1.56. The zero-order valence-corrected chi connectivity index (χ0v) is 17.3. The zero-order chi connectivity index (χ0) is 21.0. The van der Waals surface area contributed by atoms with E-state index in [1.807, 2.05) is 18.2 Å². The summed E-state index contributed by atoms with van der Waals surface area (Å²) in [5.74, 6) is 2.84. The van der Waals surface area contributed by atoms with Crippen LogP contribution >= 0.6 is 0 Å². The van der Waals surface area contributed by atoms with Crippen molar-refractivity contribution in [2.24, 2.45) is 0 Å². The lowest BCUT2D eigenvalue weighted by atomic mass is 10.2. The topological polar surface area (TPSA) is 88.8 Å². The summed E-state index contributed by atoms with van der Waals surface area (Å²) in [7, 11) is 0. The summed E-state index contributed by atoms with van der Waals surface area (Å²) in [6.45, 7) is 5.75. The van der Waals surface area contributed by atoms with Crippen LogP contribution in [-0.2, 0) is 6.54 Å². The van der Waals surface area contributed by atoms with Gasteiger partial charge in [0, 0.05) is 44.5 Å². The molecule has 160 valence electrons. The number of nitrogens with two attached hydrogens (primary N) is 1. The number of nitrogen functional groups attached to an aromatic ring is 1. The first kappa shape index (κ1) is 19.4. The molecule has 0 atom stereocenters. The van der Waals surface area contributed by atoms with Gasteiger partial charge in [-0.1, -0.05) is 30.3 Å². The van der Waals surface area contributed by atoms with Gasteiger partial charge >= 0.3 is 0 Å². The van der Waals surface area contributed by atoms with Crippen LogP contribution in [0.1, 0.15) is 5.56 Å². The third kappa shape index (κ3) is 4.34. The minimum absolute atomic E-state index is 0.548. The molecule has 8 heteroatoms. The molecule has 5 rings (SSSR count). The van der Waals surface area contributed by atoms with E-state index in [4.69, 9.17) is 15.2 Å². The molecule has 2 aromatic carbocycles. The molecule has 0 radical (unpaired) electrons. The predicted octanol–water partition coefficient (Wildman–Crippen LogP) is 2.90. The van der Waals surface area contributed by atoms with Crippen LogP contribution in [0.3, 0.4) is 0 Å². The van der Waals surface area contributed by atoms with Gasteiger partial charge in [-0.15, -0.1) is 0 Å². The van der Waals surface area contributed by atoms with E-state index in [1.54, 1.807) is 6.33 Å². The van der Waals surface area contributed by atoms with Gasteiger partial charge in [-0.3, -0.25) is 4.90 Å². The van der Waals surface area contributed by atoms with E-state index in [0.29, 0.717) is 24.7 Å². The zero-order valence-electron chi connectivity index (χ0n) is 17.3. The first-order valence-corrected chi connectivity index (χ1v) is 10.5. The Bertz CT molecular complexity index is 1040. The van der Waals surface area contributed by atoms with Gasteiger partial charge in [0.05, 0.1) is 0 Å². The number of hydrogen-bond donors (Lipinski definition) is 2. The predicted molar refractivity (Wildman–Crippen MR) is 121 cm³/mol. The lowest BCUT2D eigenvalue weighted by Gasteiger charge is -2.36.